The van der Waals surface area contributed by atoms with Crippen molar-refractivity contribution in [1.82, 2.24) is 5.32 Å². The van der Waals surface area contributed by atoms with E-state index in [-0.39, 0.29) is 6.10 Å². The number of carboxylic acid groups (broad SMARTS) is 1. The summed E-state index contributed by atoms with van der Waals surface area (Å²) in [4.78, 5) is 10.5. The molecule has 2 atom stereocenters. The summed E-state index contributed by atoms with van der Waals surface area (Å²) in [7, 11) is 0. The third-order valence-corrected chi connectivity index (χ3v) is 1.81. The zero-order valence-corrected chi connectivity index (χ0v) is 6.54. The Morgan fingerprint density at radius 1 is 1.82 bits per heavy atom. The number of nitrogens with one attached hydrogen (secondary N) is 1. The van der Waals surface area contributed by atoms with Crippen LogP contribution in [0.3, 0.4) is 0 Å². The number of hydrogen-bond donors (Lipinski definition) is 2. The molecular weight excluding hydrogens is 146 g/mol. The van der Waals surface area contributed by atoms with Crippen molar-refractivity contribution in [3.8, 4) is 0 Å². The van der Waals surface area contributed by atoms with Gasteiger partial charge in [0, 0.05) is 6.61 Å². The van der Waals surface area contributed by atoms with E-state index >= 15 is 0 Å². The third-order valence-electron chi connectivity index (χ3n) is 1.81. The molecule has 0 saturated carbocycles. The highest BCUT2D eigenvalue weighted by molar-refractivity contribution is 5.74. The number of carboxylic acids is 1. The maximum absolute atomic E-state index is 10.5. The van der Waals surface area contributed by atoms with Crippen LogP contribution in [0.5, 0.6) is 0 Å². The van der Waals surface area contributed by atoms with Crippen LogP contribution < -0.4 is 5.32 Å². The van der Waals surface area contributed by atoms with Gasteiger partial charge in [-0.15, -0.1) is 0 Å². The number of hydrogen-bond acceptors (Lipinski definition) is 3. The topological polar surface area (TPSA) is 58.6 Å². The number of carbonyl (C=O) groups is 1. The second-order valence-electron chi connectivity index (χ2n) is 2.55. The Labute approximate surface area is 65.5 Å². The predicted octanol–water partition coefficient (Wildman–Crippen LogP) is -0.162. The molecule has 1 heterocycles. The standard InChI is InChI=1S/C7H13NO3/c1-2-11-5-3-4-8-6(5)7(9)10/h5-6,8H,2-4H2,1H3,(H,9,10)/t5?,6-/m0/s1. The molecule has 1 unspecified atom stereocenters. The van der Waals surface area contributed by atoms with Crippen molar-refractivity contribution in [2.45, 2.75) is 25.5 Å². The van der Waals surface area contributed by atoms with E-state index < -0.39 is 12.0 Å². The highest BCUT2D eigenvalue weighted by Gasteiger charge is 2.32. The first-order valence-corrected chi connectivity index (χ1v) is 3.83. The fourth-order valence-electron chi connectivity index (χ4n) is 1.32. The highest BCUT2D eigenvalue weighted by atomic mass is 16.5. The largest absolute Gasteiger partial charge is 0.480 e. The van der Waals surface area contributed by atoms with Gasteiger partial charge in [-0.1, -0.05) is 0 Å². The molecule has 4 nitrogen and oxygen atoms in total. The molecule has 11 heavy (non-hydrogen) atoms. The molecule has 0 aromatic carbocycles. The zero-order valence-electron chi connectivity index (χ0n) is 6.54. The van der Waals surface area contributed by atoms with E-state index in [9.17, 15) is 4.79 Å². The monoisotopic (exact) mass is 159 g/mol. The van der Waals surface area contributed by atoms with E-state index in [1.807, 2.05) is 6.92 Å². The number of ether oxygens (including phenoxy) is 1. The summed E-state index contributed by atoms with van der Waals surface area (Å²) < 4.78 is 5.23. The van der Waals surface area contributed by atoms with Crippen LogP contribution in [0.15, 0.2) is 0 Å². The summed E-state index contributed by atoms with van der Waals surface area (Å²) in [6.07, 6.45) is 0.655. The molecule has 1 aliphatic rings. The van der Waals surface area contributed by atoms with Crippen molar-refractivity contribution >= 4 is 5.97 Å². The van der Waals surface area contributed by atoms with Gasteiger partial charge in [-0.05, 0) is 19.9 Å². The van der Waals surface area contributed by atoms with Gasteiger partial charge in [0.1, 0.15) is 6.04 Å². The Morgan fingerprint density at radius 3 is 3.09 bits per heavy atom. The van der Waals surface area contributed by atoms with E-state index in [1.54, 1.807) is 0 Å². The zero-order chi connectivity index (χ0) is 8.27. The van der Waals surface area contributed by atoms with Crippen molar-refractivity contribution in [2.75, 3.05) is 13.2 Å². The van der Waals surface area contributed by atoms with E-state index in [0.717, 1.165) is 13.0 Å². The van der Waals surface area contributed by atoms with E-state index in [0.29, 0.717) is 6.61 Å². The third kappa shape index (κ3) is 1.91. The first-order chi connectivity index (χ1) is 5.25. The van der Waals surface area contributed by atoms with Gasteiger partial charge in [-0.25, -0.2) is 0 Å². The van der Waals surface area contributed by atoms with Crippen LogP contribution >= 0.6 is 0 Å². The first-order valence-electron chi connectivity index (χ1n) is 3.83. The van der Waals surface area contributed by atoms with E-state index in [4.69, 9.17) is 9.84 Å². The Bertz CT molecular complexity index is 149. The van der Waals surface area contributed by atoms with Gasteiger partial charge in [-0.3, -0.25) is 4.79 Å². The summed E-state index contributed by atoms with van der Waals surface area (Å²) in [6.45, 7) is 3.19. The Kier molecular flexibility index (Phi) is 2.84. The molecule has 0 aliphatic carbocycles. The molecule has 0 spiro atoms. The molecule has 0 aromatic heterocycles. The number of aliphatic carboxylic acids is 1. The number of rotatable bonds is 3. The van der Waals surface area contributed by atoms with Crippen LogP contribution in [0.25, 0.3) is 0 Å². The maximum atomic E-state index is 10.5. The minimum Gasteiger partial charge on any atom is -0.480 e. The minimum atomic E-state index is -0.819. The fourth-order valence-corrected chi connectivity index (χ4v) is 1.32. The van der Waals surface area contributed by atoms with Crippen molar-refractivity contribution in [3.63, 3.8) is 0 Å². The van der Waals surface area contributed by atoms with Gasteiger partial charge in [-0.2, -0.15) is 0 Å². The summed E-state index contributed by atoms with van der Waals surface area (Å²) in [5.41, 5.74) is 0. The van der Waals surface area contributed by atoms with Crippen LogP contribution in [0, 0.1) is 0 Å². The average molecular weight is 159 g/mol. The second kappa shape index (κ2) is 3.69. The summed E-state index contributed by atoms with van der Waals surface area (Å²) in [5, 5.41) is 11.5. The minimum absolute atomic E-state index is 0.141. The molecule has 64 valence electrons. The molecule has 0 amide bonds. The lowest BCUT2D eigenvalue weighted by molar-refractivity contribution is -0.142. The van der Waals surface area contributed by atoms with Crippen molar-refractivity contribution in [2.24, 2.45) is 0 Å². The van der Waals surface area contributed by atoms with Crippen LogP contribution in [0.1, 0.15) is 13.3 Å². The predicted molar refractivity (Wildman–Crippen MR) is 39.5 cm³/mol. The Balaban J connectivity index is 2.44. The molecule has 1 aliphatic heterocycles. The van der Waals surface area contributed by atoms with Gasteiger partial charge in [0.15, 0.2) is 0 Å². The summed E-state index contributed by atoms with van der Waals surface area (Å²) in [5.74, 6) is -0.819. The van der Waals surface area contributed by atoms with Gasteiger partial charge >= 0.3 is 5.97 Å². The summed E-state index contributed by atoms with van der Waals surface area (Å²) >= 11 is 0. The first kappa shape index (κ1) is 8.49. The van der Waals surface area contributed by atoms with Gasteiger partial charge in [0.2, 0.25) is 0 Å². The molecule has 1 saturated heterocycles. The summed E-state index contributed by atoms with van der Waals surface area (Å²) in [6, 6.07) is -0.505. The maximum Gasteiger partial charge on any atom is 0.323 e. The second-order valence-corrected chi connectivity index (χ2v) is 2.55. The lowest BCUT2D eigenvalue weighted by Gasteiger charge is -2.14. The lowest BCUT2D eigenvalue weighted by atomic mass is 10.2. The van der Waals surface area contributed by atoms with E-state index in [2.05, 4.69) is 5.32 Å². The van der Waals surface area contributed by atoms with Crippen LogP contribution in [0.4, 0.5) is 0 Å². The van der Waals surface area contributed by atoms with Crippen molar-refractivity contribution < 1.29 is 14.6 Å². The quantitative estimate of drug-likeness (QED) is 0.600. The molecule has 0 bridgehead atoms. The highest BCUT2D eigenvalue weighted by Crippen LogP contribution is 2.10. The molecule has 4 heteroatoms. The van der Waals surface area contributed by atoms with Gasteiger partial charge in [0.05, 0.1) is 6.10 Å². The van der Waals surface area contributed by atoms with Crippen molar-refractivity contribution in [3.05, 3.63) is 0 Å². The van der Waals surface area contributed by atoms with Crippen LogP contribution in [-0.2, 0) is 9.53 Å². The molecular formula is C7H13NO3. The molecule has 1 fully saturated rings. The SMILES string of the molecule is CCOC1CCN[C@@H]1C(=O)O. The lowest BCUT2D eigenvalue weighted by Crippen LogP contribution is -2.39. The molecule has 0 aromatic rings. The normalized spacial score (nSPS) is 30.6. The molecule has 2 N–H and O–H groups in total. The van der Waals surface area contributed by atoms with Crippen LogP contribution in [0.2, 0.25) is 0 Å². The van der Waals surface area contributed by atoms with Gasteiger partial charge in [0.25, 0.3) is 0 Å². The fraction of sp³-hybridized carbons (Fsp3) is 0.857. The smallest absolute Gasteiger partial charge is 0.323 e. The Morgan fingerprint density at radius 2 is 2.55 bits per heavy atom. The van der Waals surface area contributed by atoms with Crippen LogP contribution in [-0.4, -0.2) is 36.4 Å². The van der Waals surface area contributed by atoms with E-state index in [1.165, 1.54) is 0 Å². The van der Waals surface area contributed by atoms with Crippen molar-refractivity contribution in [1.29, 1.82) is 0 Å². The molecule has 1 rings (SSSR count). The van der Waals surface area contributed by atoms with Gasteiger partial charge < -0.3 is 15.2 Å². The average Bonchev–Trinajstić information content (AvgIpc) is 2.36. The molecule has 0 radical (unpaired) electrons. The Hall–Kier alpha value is -0.610.